The summed E-state index contributed by atoms with van der Waals surface area (Å²) in [6.45, 7) is 15.2. The maximum atomic E-state index is 9.09. The summed E-state index contributed by atoms with van der Waals surface area (Å²) in [5, 5.41) is 9.09. The first-order valence-corrected chi connectivity index (χ1v) is 11.4. The van der Waals surface area contributed by atoms with E-state index >= 15 is 0 Å². The highest BCUT2D eigenvalue weighted by Crippen LogP contribution is 2.31. The van der Waals surface area contributed by atoms with E-state index in [9.17, 15) is 0 Å². The van der Waals surface area contributed by atoms with Gasteiger partial charge in [-0.15, -0.1) is 0 Å². The molecule has 0 amide bonds. The van der Waals surface area contributed by atoms with Gasteiger partial charge in [-0.2, -0.15) is 15.2 Å². The van der Waals surface area contributed by atoms with Crippen molar-refractivity contribution >= 4 is 5.82 Å². The van der Waals surface area contributed by atoms with Gasteiger partial charge in [0, 0.05) is 31.0 Å². The zero-order chi connectivity index (χ0) is 21.2. The van der Waals surface area contributed by atoms with Crippen molar-refractivity contribution in [3.8, 4) is 12.1 Å². The highest BCUT2D eigenvalue weighted by Gasteiger charge is 2.23. The van der Waals surface area contributed by atoms with E-state index in [4.69, 9.17) is 20.0 Å². The Morgan fingerprint density at radius 2 is 2.07 bits per heavy atom. The molecular formula is C24H38N4O. The van der Waals surface area contributed by atoms with Gasteiger partial charge in [0.2, 0.25) is 0 Å². The van der Waals surface area contributed by atoms with Crippen LogP contribution in [0.15, 0.2) is 12.2 Å². The number of aromatic nitrogens is 2. The fourth-order valence-corrected chi connectivity index (χ4v) is 4.13. The summed E-state index contributed by atoms with van der Waals surface area (Å²) in [6.07, 6.45) is 7.94. The zero-order valence-electron chi connectivity index (χ0n) is 18.8. The van der Waals surface area contributed by atoms with E-state index in [1.807, 2.05) is 0 Å². The molecule has 5 heteroatoms. The molecule has 160 valence electrons. The summed E-state index contributed by atoms with van der Waals surface area (Å²) >= 11 is 0. The van der Waals surface area contributed by atoms with Gasteiger partial charge in [-0.05, 0) is 44.4 Å². The Balaban J connectivity index is 2.33. The summed E-state index contributed by atoms with van der Waals surface area (Å²) in [6, 6.07) is 2.79. The molecule has 0 N–H and O–H groups in total. The van der Waals surface area contributed by atoms with Crippen molar-refractivity contribution < 1.29 is 4.74 Å². The largest absolute Gasteiger partial charge is 0.463 e. The number of nitriles is 1. The van der Waals surface area contributed by atoms with E-state index in [2.05, 4.69) is 45.2 Å². The third-order valence-electron chi connectivity index (χ3n) is 5.69. The van der Waals surface area contributed by atoms with Crippen LogP contribution < -0.4 is 9.64 Å². The molecule has 1 aromatic rings. The van der Waals surface area contributed by atoms with Gasteiger partial charge >= 0.3 is 6.01 Å². The normalized spacial score (nSPS) is 17.2. The van der Waals surface area contributed by atoms with Crippen molar-refractivity contribution in [1.29, 1.82) is 5.26 Å². The second-order valence-electron chi connectivity index (χ2n) is 8.33. The molecule has 0 radical (unpaired) electrons. The van der Waals surface area contributed by atoms with Crippen LogP contribution in [0.1, 0.15) is 77.5 Å². The first-order valence-electron chi connectivity index (χ1n) is 11.4. The van der Waals surface area contributed by atoms with Crippen LogP contribution in [-0.2, 0) is 12.8 Å². The number of aryl methyl sites for hydroxylation is 1. The van der Waals surface area contributed by atoms with E-state index < -0.39 is 0 Å². The van der Waals surface area contributed by atoms with Crippen LogP contribution in [0, 0.1) is 23.2 Å². The molecule has 1 fully saturated rings. The van der Waals surface area contributed by atoms with Gasteiger partial charge in [-0.3, -0.25) is 0 Å². The summed E-state index contributed by atoms with van der Waals surface area (Å²) in [5.41, 5.74) is 3.62. The summed E-state index contributed by atoms with van der Waals surface area (Å²) in [7, 11) is 0. The molecule has 0 spiro atoms. The SMILES string of the molecule is C=C1CCC[C@@H]1COc1nc(CC)c(CCC)c(N(CCC)C[C@@H](C)CC#N)n1. The first-order chi connectivity index (χ1) is 14.0. The van der Waals surface area contributed by atoms with Crippen molar-refractivity contribution in [2.75, 3.05) is 24.6 Å². The molecule has 29 heavy (non-hydrogen) atoms. The van der Waals surface area contributed by atoms with Crippen molar-refractivity contribution in [3.05, 3.63) is 23.4 Å². The average molecular weight is 399 g/mol. The van der Waals surface area contributed by atoms with Gasteiger partial charge in [0.05, 0.1) is 18.4 Å². The van der Waals surface area contributed by atoms with Crippen LogP contribution in [0.2, 0.25) is 0 Å². The molecule has 1 saturated carbocycles. The number of anilines is 1. The van der Waals surface area contributed by atoms with E-state index in [1.54, 1.807) is 0 Å². The second-order valence-corrected chi connectivity index (χ2v) is 8.33. The summed E-state index contributed by atoms with van der Waals surface area (Å²) < 4.78 is 6.10. The Kier molecular flexibility index (Phi) is 9.44. The monoisotopic (exact) mass is 398 g/mol. The molecule has 0 bridgehead atoms. The molecule has 2 atom stereocenters. The molecule has 2 rings (SSSR count). The molecule has 1 aromatic heterocycles. The van der Waals surface area contributed by atoms with Crippen molar-refractivity contribution in [2.24, 2.45) is 11.8 Å². The van der Waals surface area contributed by atoms with Crippen LogP contribution in [0.3, 0.4) is 0 Å². The van der Waals surface area contributed by atoms with Crippen molar-refractivity contribution in [1.82, 2.24) is 9.97 Å². The van der Waals surface area contributed by atoms with Gasteiger partial charge in [0.1, 0.15) is 5.82 Å². The minimum atomic E-state index is 0.298. The fourth-order valence-electron chi connectivity index (χ4n) is 4.13. The molecule has 0 saturated heterocycles. The number of hydrogen-bond acceptors (Lipinski definition) is 5. The van der Waals surface area contributed by atoms with Crippen LogP contribution in [-0.4, -0.2) is 29.7 Å². The maximum Gasteiger partial charge on any atom is 0.318 e. The third-order valence-corrected chi connectivity index (χ3v) is 5.69. The Labute approximate surface area is 177 Å². The Morgan fingerprint density at radius 3 is 2.66 bits per heavy atom. The van der Waals surface area contributed by atoms with Gasteiger partial charge in [0.15, 0.2) is 0 Å². The van der Waals surface area contributed by atoms with Crippen molar-refractivity contribution in [2.45, 2.75) is 79.1 Å². The summed E-state index contributed by atoms with van der Waals surface area (Å²) in [4.78, 5) is 12.0. The van der Waals surface area contributed by atoms with E-state index in [1.165, 1.54) is 17.6 Å². The minimum absolute atomic E-state index is 0.298. The number of nitrogens with zero attached hydrogens (tertiary/aromatic N) is 4. The summed E-state index contributed by atoms with van der Waals surface area (Å²) in [5.74, 6) is 1.72. The molecule has 0 unspecified atom stereocenters. The quantitative estimate of drug-likeness (QED) is 0.435. The highest BCUT2D eigenvalue weighted by molar-refractivity contribution is 5.50. The molecule has 1 heterocycles. The Morgan fingerprint density at radius 1 is 1.28 bits per heavy atom. The van der Waals surface area contributed by atoms with Crippen LogP contribution in [0.5, 0.6) is 6.01 Å². The Bertz CT molecular complexity index is 710. The van der Waals surface area contributed by atoms with Gasteiger partial charge in [0.25, 0.3) is 0 Å². The molecule has 1 aliphatic carbocycles. The first kappa shape index (κ1) is 23.2. The van der Waals surface area contributed by atoms with Gasteiger partial charge < -0.3 is 9.64 Å². The van der Waals surface area contributed by atoms with Crippen LogP contribution in [0.4, 0.5) is 5.82 Å². The molecular weight excluding hydrogens is 360 g/mol. The second kappa shape index (κ2) is 11.8. The van der Waals surface area contributed by atoms with Gasteiger partial charge in [-0.25, -0.2) is 0 Å². The predicted octanol–water partition coefficient (Wildman–Crippen LogP) is 5.49. The number of rotatable bonds is 12. The molecule has 0 aliphatic heterocycles. The molecule has 0 aromatic carbocycles. The fraction of sp³-hybridized carbons (Fsp3) is 0.708. The highest BCUT2D eigenvalue weighted by atomic mass is 16.5. The van der Waals surface area contributed by atoms with E-state index in [0.717, 1.165) is 63.1 Å². The predicted molar refractivity (Wildman–Crippen MR) is 119 cm³/mol. The Hall–Kier alpha value is -2.09. The standard InChI is InChI=1S/C24H38N4O/c1-6-10-21-22(8-3)26-24(29-17-20-12-9-11-19(20)5)27-23(21)28(15-7-2)16-18(4)13-14-25/h18,20H,5-13,15-17H2,1-4H3/t18-,20+/m0/s1. The smallest absolute Gasteiger partial charge is 0.318 e. The van der Waals surface area contributed by atoms with Crippen LogP contribution >= 0.6 is 0 Å². The lowest BCUT2D eigenvalue weighted by Crippen LogP contribution is -2.32. The lowest BCUT2D eigenvalue weighted by Gasteiger charge is -2.29. The van der Waals surface area contributed by atoms with Crippen LogP contribution in [0.25, 0.3) is 0 Å². The third kappa shape index (κ3) is 6.45. The lowest BCUT2D eigenvalue weighted by atomic mass is 10.0. The number of ether oxygens (including phenoxy) is 1. The van der Waals surface area contributed by atoms with Crippen molar-refractivity contribution in [3.63, 3.8) is 0 Å². The molecule has 1 aliphatic rings. The van der Waals surface area contributed by atoms with E-state index in [0.29, 0.717) is 30.9 Å². The van der Waals surface area contributed by atoms with E-state index in [-0.39, 0.29) is 0 Å². The minimum Gasteiger partial charge on any atom is -0.463 e. The topological polar surface area (TPSA) is 62.0 Å². The lowest BCUT2D eigenvalue weighted by molar-refractivity contribution is 0.251. The maximum absolute atomic E-state index is 9.09. The number of hydrogen-bond donors (Lipinski definition) is 0. The molecule has 5 nitrogen and oxygen atoms in total. The average Bonchev–Trinajstić information content (AvgIpc) is 3.11. The zero-order valence-corrected chi connectivity index (χ0v) is 18.8. The van der Waals surface area contributed by atoms with Gasteiger partial charge in [-0.1, -0.05) is 46.3 Å².